The van der Waals surface area contributed by atoms with Crippen molar-refractivity contribution in [3.8, 4) is 0 Å². The molecule has 6 heteroatoms. The molecule has 2 fully saturated rings. The number of likely N-dealkylation sites (tertiary alicyclic amines) is 1. The maximum atomic E-state index is 12.1. The Morgan fingerprint density at radius 2 is 2.23 bits per heavy atom. The van der Waals surface area contributed by atoms with Gasteiger partial charge in [0.25, 0.3) is 5.91 Å². The molecule has 2 aliphatic heterocycles. The van der Waals surface area contributed by atoms with E-state index in [-0.39, 0.29) is 11.9 Å². The van der Waals surface area contributed by atoms with Crippen molar-refractivity contribution in [1.29, 1.82) is 0 Å². The first-order chi connectivity index (χ1) is 10.7. The number of ether oxygens (including phenoxy) is 1. The van der Waals surface area contributed by atoms with Crippen LogP contribution < -0.4 is 5.32 Å². The lowest BCUT2D eigenvalue weighted by atomic mass is 9.99. The molecule has 1 amide bonds. The molecule has 1 aromatic rings. The number of aryl methyl sites for hydroxylation is 1. The van der Waals surface area contributed by atoms with Crippen molar-refractivity contribution in [3.05, 3.63) is 18.0 Å². The number of nitrogens with zero attached hydrogens (tertiary/aromatic N) is 3. The second-order valence-corrected chi connectivity index (χ2v) is 6.51. The van der Waals surface area contributed by atoms with Crippen LogP contribution in [0.5, 0.6) is 0 Å². The maximum Gasteiger partial charge on any atom is 0.271 e. The number of amides is 1. The fraction of sp³-hybridized carbons (Fsp3) is 0.750. The molecule has 1 aromatic heterocycles. The number of piperidine rings is 1. The van der Waals surface area contributed by atoms with E-state index < -0.39 is 0 Å². The van der Waals surface area contributed by atoms with Gasteiger partial charge < -0.3 is 15.0 Å². The lowest BCUT2D eigenvalue weighted by molar-refractivity contribution is 0.0339. The minimum atomic E-state index is -0.0558. The third-order valence-corrected chi connectivity index (χ3v) is 4.64. The molecule has 0 spiro atoms. The second-order valence-electron chi connectivity index (χ2n) is 6.51. The molecule has 3 heterocycles. The number of hydrogen-bond donors (Lipinski definition) is 1. The molecule has 0 saturated carbocycles. The summed E-state index contributed by atoms with van der Waals surface area (Å²) in [6, 6.07) is 2.03. The van der Waals surface area contributed by atoms with Gasteiger partial charge in [-0.25, -0.2) is 0 Å². The average Bonchev–Trinajstić information content (AvgIpc) is 2.97. The Labute approximate surface area is 131 Å². The molecule has 1 N–H and O–H groups in total. The molecule has 122 valence electrons. The van der Waals surface area contributed by atoms with E-state index in [1.807, 2.05) is 7.05 Å². The molecule has 1 unspecified atom stereocenters. The van der Waals surface area contributed by atoms with Gasteiger partial charge in [0, 0.05) is 45.5 Å². The van der Waals surface area contributed by atoms with Crippen LogP contribution in [0, 0.1) is 5.92 Å². The molecular formula is C16H26N4O2. The molecule has 0 bridgehead atoms. The van der Waals surface area contributed by atoms with Gasteiger partial charge in [-0.05, 0) is 37.7 Å². The Kier molecular flexibility index (Phi) is 5.10. The van der Waals surface area contributed by atoms with Gasteiger partial charge in [-0.1, -0.05) is 0 Å². The molecule has 22 heavy (non-hydrogen) atoms. The van der Waals surface area contributed by atoms with Gasteiger partial charge in [0.2, 0.25) is 0 Å². The largest absolute Gasteiger partial charge is 0.381 e. The Morgan fingerprint density at radius 1 is 1.41 bits per heavy atom. The summed E-state index contributed by atoms with van der Waals surface area (Å²) in [4.78, 5) is 14.6. The predicted molar refractivity (Wildman–Crippen MR) is 83.7 cm³/mol. The number of hydrogen-bond acceptors (Lipinski definition) is 4. The van der Waals surface area contributed by atoms with Gasteiger partial charge in [-0.15, -0.1) is 0 Å². The van der Waals surface area contributed by atoms with Crippen LogP contribution in [0.2, 0.25) is 0 Å². The Bertz CT molecular complexity index is 488. The van der Waals surface area contributed by atoms with Crippen LogP contribution in [0.4, 0.5) is 0 Å². The van der Waals surface area contributed by atoms with Gasteiger partial charge >= 0.3 is 0 Å². The minimum Gasteiger partial charge on any atom is -0.381 e. The highest BCUT2D eigenvalue weighted by atomic mass is 16.5. The summed E-state index contributed by atoms with van der Waals surface area (Å²) in [7, 11) is 1.82. The summed E-state index contributed by atoms with van der Waals surface area (Å²) in [5.74, 6) is 0.633. The van der Waals surface area contributed by atoms with E-state index >= 15 is 0 Å². The molecule has 0 aliphatic carbocycles. The Morgan fingerprint density at radius 3 is 2.86 bits per heavy atom. The van der Waals surface area contributed by atoms with Crippen LogP contribution in [0.25, 0.3) is 0 Å². The van der Waals surface area contributed by atoms with Crippen molar-refractivity contribution in [1.82, 2.24) is 20.0 Å². The molecular weight excluding hydrogens is 280 g/mol. The zero-order valence-corrected chi connectivity index (χ0v) is 13.3. The van der Waals surface area contributed by atoms with E-state index in [1.54, 1.807) is 16.9 Å². The summed E-state index contributed by atoms with van der Waals surface area (Å²) < 4.78 is 7.21. The number of aromatic nitrogens is 2. The topological polar surface area (TPSA) is 59.4 Å². The van der Waals surface area contributed by atoms with Crippen LogP contribution in [0.1, 0.15) is 36.2 Å². The van der Waals surface area contributed by atoms with Crippen molar-refractivity contribution in [2.24, 2.45) is 13.0 Å². The predicted octanol–water partition coefficient (Wildman–Crippen LogP) is 1.04. The minimum absolute atomic E-state index is 0.0558. The molecule has 3 rings (SSSR count). The van der Waals surface area contributed by atoms with E-state index in [2.05, 4.69) is 15.3 Å². The summed E-state index contributed by atoms with van der Waals surface area (Å²) in [5.41, 5.74) is 0.504. The third kappa shape index (κ3) is 4.08. The molecule has 6 nitrogen and oxygen atoms in total. The first kappa shape index (κ1) is 15.5. The quantitative estimate of drug-likeness (QED) is 0.903. The monoisotopic (exact) mass is 306 g/mol. The molecule has 0 aromatic carbocycles. The normalized spacial score (nSPS) is 24.3. The van der Waals surface area contributed by atoms with E-state index in [4.69, 9.17) is 4.74 Å². The van der Waals surface area contributed by atoms with Gasteiger partial charge in [-0.2, -0.15) is 5.10 Å². The molecule has 0 radical (unpaired) electrons. The molecule has 2 saturated heterocycles. The Balaban J connectivity index is 1.40. The van der Waals surface area contributed by atoms with E-state index in [9.17, 15) is 4.79 Å². The summed E-state index contributed by atoms with van der Waals surface area (Å²) in [6.07, 6.45) is 6.32. The number of carbonyl (C=O) groups is 1. The van der Waals surface area contributed by atoms with Crippen LogP contribution in [0.15, 0.2) is 12.3 Å². The van der Waals surface area contributed by atoms with Gasteiger partial charge in [-0.3, -0.25) is 9.48 Å². The second kappa shape index (κ2) is 7.24. The highest BCUT2D eigenvalue weighted by Crippen LogP contribution is 2.18. The van der Waals surface area contributed by atoms with Crippen molar-refractivity contribution in [3.63, 3.8) is 0 Å². The van der Waals surface area contributed by atoms with Crippen LogP contribution in [-0.4, -0.2) is 59.5 Å². The van der Waals surface area contributed by atoms with E-state index in [0.717, 1.165) is 45.7 Å². The summed E-state index contributed by atoms with van der Waals surface area (Å²) in [5, 5.41) is 7.26. The molecule has 2 aliphatic rings. The zero-order chi connectivity index (χ0) is 15.4. The van der Waals surface area contributed by atoms with Crippen LogP contribution >= 0.6 is 0 Å². The van der Waals surface area contributed by atoms with Crippen molar-refractivity contribution >= 4 is 5.91 Å². The van der Waals surface area contributed by atoms with Gasteiger partial charge in [0.1, 0.15) is 5.69 Å². The number of rotatable bonds is 4. The van der Waals surface area contributed by atoms with Crippen LogP contribution in [0.3, 0.4) is 0 Å². The van der Waals surface area contributed by atoms with Crippen molar-refractivity contribution < 1.29 is 9.53 Å². The molecule has 1 atom stereocenters. The fourth-order valence-corrected chi connectivity index (χ4v) is 3.37. The SMILES string of the molecule is Cn1ccc(C(=O)NC2CCN(CC3CCCOC3)CC2)n1. The van der Waals surface area contributed by atoms with Crippen LogP contribution in [-0.2, 0) is 11.8 Å². The Hall–Kier alpha value is -1.40. The average molecular weight is 306 g/mol. The summed E-state index contributed by atoms with van der Waals surface area (Å²) in [6.45, 7) is 5.10. The lowest BCUT2D eigenvalue weighted by Gasteiger charge is -2.35. The highest BCUT2D eigenvalue weighted by molar-refractivity contribution is 5.92. The number of carbonyl (C=O) groups excluding carboxylic acids is 1. The maximum absolute atomic E-state index is 12.1. The fourth-order valence-electron chi connectivity index (χ4n) is 3.37. The zero-order valence-electron chi connectivity index (χ0n) is 13.3. The highest BCUT2D eigenvalue weighted by Gasteiger charge is 2.24. The van der Waals surface area contributed by atoms with E-state index in [1.165, 1.54) is 12.8 Å². The smallest absolute Gasteiger partial charge is 0.271 e. The first-order valence-corrected chi connectivity index (χ1v) is 8.31. The first-order valence-electron chi connectivity index (χ1n) is 8.31. The van der Waals surface area contributed by atoms with E-state index in [0.29, 0.717) is 11.6 Å². The standard InChI is InChI=1S/C16H26N4O2/c1-19-7-6-15(18-19)16(21)17-14-4-8-20(9-5-14)11-13-3-2-10-22-12-13/h6-7,13-14H,2-5,8-12H2,1H3,(H,17,21). The van der Waals surface area contributed by atoms with Crippen molar-refractivity contribution in [2.75, 3.05) is 32.8 Å². The third-order valence-electron chi connectivity index (χ3n) is 4.64. The summed E-state index contributed by atoms with van der Waals surface area (Å²) >= 11 is 0. The lowest BCUT2D eigenvalue weighted by Crippen LogP contribution is -2.46. The van der Waals surface area contributed by atoms with Gasteiger partial charge in [0.05, 0.1) is 6.61 Å². The van der Waals surface area contributed by atoms with Gasteiger partial charge in [0.15, 0.2) is 0 Å². The van der Waals surface area contributed by atoms with Crippen molar-refractivity contribution in [2.45, 2.75) is 31.7 Å². The number of nitrogens with one attached hydrogen (secondary N) is 1.